The molecule has 8 heteroatoms. The fraction of sp³-hybridized carbons (Fsp3) is 0.524. The number of aryl methyl sites for hydroxylation is 1. The Labute approximate surface area is 168 Å². The lowest BCUT2D eigenvalue weighted by Crippen LogP contribution is -2.37. The van der Waals surface area contributed by atoms with E-state index in [1.54, 1.807) is 0 Å². The van der Waals surface area contributed by atoms with Crippen LogP contribution in [0.2, 0.25) is 0 Å². The fourth-order valence-corrected chi connectivity index (χ4v) is 4.74. The molecule has 0 aromatic carbocycles. The van der Waals surface area contributed by atoms with Gasteiger partial charge in [-0.3, -0.25) is 9.20 Å². The number of aromatic nitrogens is 1. The second kappa shape index (κ2) is 7.42. The maximum absolute atomic E-state index is 15.3. The molecule has 0 amide bonds. The van der Waals surface area contributed by atoms with Crippen molar-refractivity contribution < 1.29 is 14.3 Å². The Balaban J connectivity index is 1.89. The van der Waals surface area contributed by atoms with Crippen molar-refractivity contribution in [2.24, 2.45) is 5.92 Å². The number of carboxylic acid groups (broad SMARTS) is 1. The van der Waals surface area contributed by atoms with E-state index < -0.39 is 17.3 Å². The summed E-state index contributed by atoms with van der Waals surface area (Å²) in [6, 6.07) is 1.73. The Morgan fingerprint density at radius 1 is 1.31 bits per heavy atom. The molecular formula is C21H27FN4O3. The second-order valence-electron chi connectivity index (χ2n) is 8.19. The summed E-state index contributed by atoms with van der Waals surface area (Å²) in [5.74, 6) is -1.22. The van der Waals surface area contributed by atoms with Crippen LogP contribution in [0.3, 0.4) is 0 Å². The molecule has 156 valence electrons. The highest BCUT2D eigenvalue weighted by atomic mass is 19.1. The van der Waals surface area contributed by atoms with E-state index in [0.717, 1.165) is 31.1 Å². The minimum Gasteiger partial charge on any atom is -0.477 e. The van der Waals surface area contributed by atoms with E-state index in [0.29, 0.717) is 35.8 Å². The molecule has 2 aliphatic rings. The van der Waals surface area contributed by atoms with Crippen LogP contribution in [0.4, 0.5) is 10.1 Å². The molecule has 1 saturated carbocycles. The number of likely N-dealkylation sites (N-methyl/N-ethyl adjacent to an activating group) is 1. The predicted molar refractivity (Wildman–Crippen MR) is 110 cm³/mol. The van der Waals surface area contributed by atoms with Crippen LogP contribution in [0, 0.1) is 18.7 Å². The van der Waals surface area contributed by atoms with Crippen molar-refractivity contribution in [3.05, 3.63) is 45.1 Å². The largest absolute Gasteiger partial charge is 0.477 e. The number of rotatable bonds is 6. The topological polar surface area (TPSA) is 86.1 Å². The van der Waals surface area contributed by atoms with E-state index in [2.05, 4.69) is 10.6 Å². The molecule has 2 unspecified atom stereocenters. The van der Waals surface area contributed by atoms with Crippen LogP contribution >= 0.6 is 0 Å². The Bertz CT molecular complexity index is 1030. The van der Waals surface area contributed by atoms with Gasteiger partial charge in [0.05, 0.1) is 17.4 Å². The summed E-state index contributed by atoms with van der Waals surface area (Å²) in [6.45, 7) is 4.04. The molecule has 3 heterocycles. The summed E-state index contributed by atoms with van der Waals surface area (Å²) in [4.78, 5) is 26.3. The first-order chi connectivity index (χ1) is 13.9. The van der Waals surface area contributed by atoms with E-state index in [-0.39, 0.29) is 17.5 Å². The normalized spacial score (nSPS) is 21.9. The highest BCUT2D eigenvalue weighted by Gasteiger charge is 2.35. The number of nitrogens with zero attached hydrogens (tertiary/aromatic N) is 2. The van der Waals surface area contributed by atoms with Crippen molar-refractivity contribution in [2.45, 2.75) is 31.7 Å². The molecule has 0 spiro atoms. The van der Waals surface area contributed by atoms with Crippen LogP contribution in [0.15, 0.2) is 17.1 Å². The van der Waals surface area contributed by atoms with Gasteiger partial charge < -0.3 is 20.6 Å². The zero-order chi connectivity index (χ0) is 20.9. The molecule has 7 nitrogen and oxygen atoms in total. The van der Waals surface area contributed by atoms with Gasteiger partial charge in [-0.25, -0.2) is 9.18 Å². The standard InChI is InChI=1S/C21H27FN4O3/c1-11-18-14(12-4-5-12)6-15(21(28)29)20(27)26(18)9-16(22)19(11)25-8-13(7-23-2)17(10-25)24-3/h6,9,12-13,17,23-24H,4-5,7-8,10H2,1-3H3,(H,28,29). The van der Waals surface area contributed by atoms with Crippen LogP contribution in [0.25, 0.3) is 5.52 Å². The number of fused-ring (bicyclic) bond motifs is 1. The molecule has 2 atom stereocenters. The first kappa shape index (κ1) is 19.8. The Hall–Kier alpha value is -2.45. The van der Waals surface area contributed by atoms with Gasteiger partial charge >= 0.3 is 5.97 Å². The maximum atomic E-state index is 15.3. The average molecular weight is 402 g/mol. The maximum Gasteiger partial charge on any atom is 0.341 e. The van der Waals surface area contributed by atoms with Crippen LogP contribution in [-0.2, 0) is 0 Å². The highest BCUT2D eigenvalue weighted by molar-refractivity contribution is 5.89. The van der Waals surface area contributed by atoms with Crippen LogP contribution in [0.5, 0.6) is 0 Å². The molecule has 2 fully saturated rings. The van der Waals surface area contributed by atoms with Crippen molar-refractivity contribution in [3.8, 4) is 0 Å². The van der Waals surface area contributed by atoms with Gasteiger partial charge in [-0.05, 0) is 57.0 Å². The Morgan fingerprint density at radius 3 is 2.62 bits per heavy atom. The predicted octanol–water partition coefficient (Wildman–Crippen LogP) is 1.57. The van der Waals surface area contributed by atoms with E-state index in [1.165, 1.54) is 10.5 Å². The summed E-state index contributed by atoms with van der Waals surface area (Å²) in [6.07, 6.45) is 3.07. The number of halogens is 1. The van der Waals surface area contributed by atoms with Gasteiger partial charge in [0, 0.05) is 31.6 Å². The quantitative estimate of drug-likeness (QED) is 0.680. The zero-order valence-electron chi connectivity index (χ0n) is 17.0. The minimum atomic E-state index is -1.28. The molecule has 4 rings (SSSR count). The molecule has 2 aromatic rings. The van der Waals surface area contributed by atoms with Gasteiger partial charge in [0.15, 0.2) is 5.82 Å². The van der Waals surface area contributed by atoms with Gasteiger partial charge in [0.2, 0.25) is 0 Å². The molecule has 1 saturated heterocycles. The molecule has 3 N–H and O–H groups in total. The number of carbonyl (C=O) groups is 1. The van der Waals surface area contributed by atoms with E-state index in [1.807, 2.05) is 25.9 Å². The second-order valence-corrected chi connectivity index (χ2v) is 8.19. The number of pyridine rings is 2. The SMILES string of the molecule is CNCC1CN(c2c(F)cn3c(=O)c(C(=O)O)cc(C4CC4)c3c2C)CC1NC. The van der Waals surface area contributed by atoms with Crippen molar-refractivity contribution in [1.29, 1.82) is 0 Å². The summed E-state index contributed by atoms with van der Waals surface area (Å²) in [5, 5.41) is 15.9. The molecule has 0 radical (unpaired) electrons. The number of hydrogen-bond donors (Lipinski definition) is 3. The number of aromatic carboxylic acids is 1. The third-order valence-electron chi connectivity index (χ3n) is 6.28. The molecule has 2 aromatic heterocycles. The van der Waals surface area contributed by atoms with Gasteiger partial charge in [-0.2, -0.15) is 0 Å². The summed E-state index contributed by atoms with van der Waals surface area (Å²) >= 11 is 0. The van der Waals surface area contributed by atoms with Gasteiger partial charge in [0.1, 0.15) is 5.56 Å². The van der Waals surface area contributed by atoms with Crippen LogP contribution < -0.4 is 21.1 Å². The van der Waals surface area contributed by atoms with Crippen molar-refractivity contribution in [3.63, 3.8) is 0 Å². The van der Waals surface area contributed by atoms with Crippen molar-refractivity contribution in [1.82, 2.24) is 15.0 Å². The molecular weight excluding hydrogens is 375 g/mol. The third kappa shape index (κ3) is 3.30. The number of anilines is 1. The van der Waals surface area contributed by atoms with Crippen LogP contribution in [-0.4, -0.2) is 55.2 Å². The van der Waals surface area contributed by atoms with Gasteiger partial charge in [0.25, 0.3) is 5.56 Å². The Kier molecular flexibility index (Phi) is 5.08. The first-order valence-corrected chi connectivity index (χ1v) is 10.1. The lowest BCUT2D eigenvalue weighted by Gasteiger charge is -2.24. The Morgan fingerprint density at radius 2 is 2.03 bits per heavy atom. The van der Waals surface area contributed by atoms with Crippen molar-refractivity contribution in [2.75, 3.05) is 38.6 Å². The first-order valence-electron chi connectivity index (χ1n) is 10.1. The average Bonchev–Trinajstić information content (AvgIpc) is 3.44. The van der Waals surface area contributed by atoms with Crippen molar-refractivity contribution >= 4 is 17.2 Å². The lowest BCUT2D eigenvalue weighted by molar-refractivity contribution is 0.0694. The minimum absolute atomic E-state index is 0.224. The smallest absolute Gasteiger partial charge is 0.341 e. The summed E-state index contributed by atoms with van der Waals surface area (Å²) in [5.41, 5.74) is 1.69. The lowest BCUT2D eigenvalue weighted by atomic mass is 10.0. The van der Waals surface area contributed by atoms with Gasteiger partial charge in [-0.1, -0.05) is 0 Å². The summed E-state index contributed by atoms with van der Waals surface area (Å²) < 4.78 is 16.4. The fourth-order valence-electron chi connectivity index (χ4n) is 4.74. The summed E-state index contributed by atoms with van der Waals surface area (Å²) in [7, 11) is 3.82. The highest BCUT2D eigenvalue weighted by Crippen LogP contribution is 2.44. The zero-order valence-corrected chi connectivity index (χ0v) is 17.0. The van der Waals surface area contributed by atoms with E-state index in [4.69, 9.17) is 0 Å². The van der Waals surface area contributed by atoms with E-state index in [9.17, 15) is 14.7 Å². The number of nitrogens with one attached hydrogen (secondary N) is 2. The molecule has 29 heavy (non-hydrogen) atoms. The number of hydrogen-bond acceptors (Lipinski definition) is 5. The molecule has 1 aliphatic heterocycles. The number of carboxylic acids is 1. The molecule has 0 bridgehead atoms. The monoisotopic (exact) mass is 402 g/mol. The molecule has 1 aliphatic carbocycles. The van der Waals surface area contributed by atoms with Crippen LogP contribution in [0.1, 0.15) is 40.2 Å². The third-order valence-corrected chi connectivity index (χ3v) is 6.28. The van der Waals surface area contributed by atoms with E-state index >= 15 is 4.39 Å². The van der Waals surface area contributed by atoms with Gasteiger partial charge in [-0.15, -0.1) is 0 Å².